The van der Waals surface area contributed by atoms with E-state index in [-0.39, 0.29) is 5.78 Å². The average Bonchev–Trinajstić information content (AvgIpc) is 2.31. The molecule has 86 valence electrons. The van der Waals surface area contributed by atoms with Gasteiger partial charge in [-0.2, -0.15) is 0 Å². The molecule has 0 aromatic carbocycles. The summed E-state index contributed by atoms with van der Waals surface area (Å²) in [6.07, 6.45) is 8.46. The lowest BCUT2D eigenvalue weighted by Gasteiger charge is -2.20. The number of nitrogen functional groups attached to an aromatic ring is 1. The highest BCUT2D eigenvalue weighted by Gasteiger charge is 2.18. The number of hydrogen-bond acceptors (Lipinski definition) is 3. The molecule has 1 fully saturated rings. The topological polar surface area (TPSA) is 56.0 Å². The lowest BCUT2D eigenvalue weighted by molar-refractivity contribution is 0.0945. The molecule has 0 bridgehead atoms. The maximum absolute atomic E-state index is 11.9. The summed E-state index contributed by atoms with van der Waals surface area (Å²) in [5, 5.41) is 0. The molecule has 0 spiro atoms. The van der Waals surface area contributed by atoms with Gasteiger partial charge in [0.05, 0.1) is 11.9 Å². The molecule has 1 aliphatic rings. The molecule has 2 N–H and O–H groups in total. The first-order valence-corrected chi connectivity index (χ1v) is 6.00. The van der Waals surface area contributed by atoms with Crippen LogP contribution in [0.3, 0.4) is 0 Å². The highest BCUT2D eigenvalue weighted by Crippen LogP contribution is 2.27. The van der Waals surface area contributed by atoms with E-state index in [2.05, 4.69) is 4.98 Å². The molecule has 0 radical (unpaired) electrons. The van der Waals surface area contributed by atoms with Crippen LogP contribution in [0.4, 0.5) is 5.69 Å². The Hall–Kier alpha value is -1.38. The number of ketones is 1. The van der Waals surface area contributed by atoms with E-state index in [1.54, 1.807) is 18.3 Å². The molecule has 1 aromatic rings. The minimum Gasteiger partial charge on any atom is -0.397 e. The average molecular weight is 218 g/mol. The van der Waals surface area contributed by atoms with Crippen LogP contribution >= 0.6 is 0 Å². The van der Waals surface area contributed by atoms with Gasteiger partial charge in [-0.05, 0) is 18.1 Å². The molecule has 0 amide bonds. The first-order valence-electron chi connectivity index (χ1n) is 6.00. The van der Waals surface area contributed by atoms with Gasteiger partial charge in [0.1, 0.15) is 5.69 Å². The smallest absolute Gasteiger partial charge is 0.181 e. The Labute approximate surface area is 96.1 Å². The summed E-state index contributed by atoms with van der Waals surface area (Å²) in [6, 6.07) is 3.46. The van der Waals surface area contributed by atoms with Gasteiger partial charge in [-0.15, -0.1) is 0 Å². The Morgan fingerprint density at radius 3 is 2.69 bits per heavy atom. The van der Waals surface area contributed by atoms with Crippen molar-refractivity contribution in [3.63, 3.8) is 0 Å². The lowest BCUT2D eigenvalue weighted by Crippen LogP contribution is -2.13. The molecule has 0 aliphatic heterocycles. The van der Waals surface area contributed by atoms with Crippen LogP contribution in [0.5, 0.6) is 0 Å². The molecular formula is C13H18N2O. The SMILES string of the molecule is Nc1ccc(C(=O)CC2CCCCC2)nc1. The van der Waals surface area contributed by atoms with Crippen LogP contribution in [0.15, 0.2) is 18.3 Å². The molecule has 1 saturated carbocycles. The van der Waals surface area contributed by atoms with Crippen LogP contribution in [0, 0.1) is 5.92 Å². The molecule has 16 heavy (non-hydrogen) atoms. The summed E-state index contributed by atoms with van der Waals surface area (Å²) in [4.78, 5) is 16.0. The van der Waals surface area contributed by atoms with Crippen LogP contribution in [0.1, 0.15) is 49.0 Å². The van der Waals surface area contributed by atoms with Crippen molar-refractivity contribution in [3.05, 3.63) is 24.0 Å². The Balaban J connectivity index is 1.94. The fourth-order valence-corrected chi connectivity index (χ4v) is 2.33. The van der Waals surface area contributed by atoms with Crippen molar-refractivity contribution in [2.24, 2.45) is 5.92 Å². The number of rotatable bonds is 3. The monoisotopic (exact) mass is 218 g/mol. The summed E-state index contributed by atoms with van der Waals surface area (Å²) < 4.78 is 0. The van der Waals surface area contributed by atoms with E-state index in [9.17, 15) is 4.79 Å². The van der Waals surface area contributed by atoms with Gasteiger partial charge in [0.15, 0.2) is 5.78 Å². The first-order chi connectivity index (χ1) is 7.75. The van der Waals surface area contributed by atoms with Gasteiger partial charge in [-0.25, -0.2) is 0 Å². The summed E-state index contributed by atoms with van der Waals surface area (Å²) in [5.41, 5.74) is 6.70. The second kappa shape index (κ2) is 5.10. The maximum atomic E-state index is 11.9. The number of pyridine rings is 1. The number of nitrogens with zero attached hydrogens (tertiary/aromatic N) is 1. The van der Waals surface area contributed by atoms with Crippen molar-refractivity contribution >= 4 is 11.5 Å². The molecule has 1 heterocycles. The van der Waals surface area contributed by atoms with Crippen molar-refractivity contribution in [3.8, 4) is 0 Å². The molecule has 1 aliphatic carbocycles. The fraction of sp³-hybridized carbons (Fsp3) is 0.538. The lowest BCUT2D eigenvalue weighted by atomic mass is 9.85. The molecule has 0 saturated heterocycles. The molecule has 1 aromatic heterocycles. The van der Waals surface area contributed by atoms with E-state index in [4.69, 9.17) is 5.73 Å². The summed E-state index contributed by atoms with van der Waals surface area (Å²) in [6.45, 7) is 0. The van der Waals surface area contributed by atoms with Gasteiger partial charge in [0.2, 0.25) is 0 Å². The third-order valence-corrected chi connectivity index (χ3v) is 3.27. The minimum atomic E-state index is 0.159. The largest absolute Gasteiger partial charge is 0.397 e. The zero-order valence-corrected chi connectivity index (χ0v) is 9.48. The summed E-state index contributed by atoms with van der Waals surface area (Å²) >= 11 is 0. The van der Waals surface area contributed by atoms with Crippen molar-refractivity contribution < 1.29 is 4.79 Å². The molecule has 2 rings (SSSR count). The van der Waals surface area contributed by atoms with Gasteiger partial charge < -0.3 is 5.73 Å². The Kier molecular flexibility index (Phi) is 3.54. The molecular weight excluding hydrogens is 200 g/mol. The quantitative estimate of drug-likeness (QED) is 0.794. The summed E-state index contributed by atoms with van der Waals surface area (Å²) in [7, 11) is 0. The number of anilines is 1. The Bertz CT molecular complexity index is 353. The minimum absolute atomic E-state index is 0.159. The van der Waals surface area contributed by atoms with E-state index < -0.39 is 0 Å². The third kappa shape index (κ3) is 2.81. The van der Waals surface area contributed by atoms with Crippen LogP contribution in [-0.4, -0.2) is 10.8 Å². The van der Waals surface area contributed by atoms with Crippen molar-refractivity contribution in [2.75, 3.05) is 5.73 Å². The van der Waals surface area contributed by atoms with E-state index >= 15 is 0 Å². The van der Waals surface area contributed by atoms with Crippen molar-refractivity contribution in [1.29, 1.82) is 0 Å². The normalized spacial score (nSPS) is 17.2. The van der Waals surface area contributed by atoms with Crippen molar-refractivity contribution in [2.45, 2.75) is 38.5 Å². The Morgan fingerprint density at radius 1 is 1.31 bits per heavy atom. The zero-order chi connectivity index (χ0) is 11.4. The second-order valence-electron chi connectivity index (χ2n) is 4.61. The number of carbonyl (C=O) groups excluding carboxylic acids is 1. The predicted molar refractivity (Wildman–Crippen MR) is 64.2 cm³/mol. The second-order valence-corrected chi connectivity index (χ2v) is 4.61. The van der Waals surface area contributed by atoms with Gasteiger partial charge in [-0.1, -0.05) is 32.1 Å². The van der Waals surface area contributed by atoms with Gasteiger partial charge >= 0.3 is 0 Å². The Morgan fingerprint density at radius 2 is 2.06 bits per heavy atom. The van der Waals surface area contributed by atoms with Gasteiger partial charge in [-0.3, -0.25) is 9.78 Å². The standard InChI is InChI=1S/C13H18N2O/c14-11-6-7-12(15-9-11)13(16)8-10-4-2-1-3-5-10/h6-7,9-10H,1-5,8,14H2. The molecule has 0 unspecified atom stereocenters. The van der Waals surface area contributed by atoms with Gasteiger partial charge in [0.25, 0.3) is 0 Å². The number of nitrogens with two attached hydrogens (primary N) is 1. The number of aromatic nitrogens is 1. The van der Waals surface area contributed by atoms with E-state index in [0.29, 0.717) is 23.7 Å². The first kappa shape index (κ1) is 11.1. The van der Waals surface area contributed by atoms with Crippen LogP contribution in [0.25, 0.3) is 0 Å². The number of Topliss-reactive ketones (excluding diaryl/α,β-unsaturated/α-hetero) is 1. The highest BCUT2D eigenvalue weighted by molar-refractivity contribution is 5.94. The summed E-state index contributed by atoms with van der Waals surface area (Å²) in [5.74, 6) is 0.729. The molecule has 3 heteroatoms. The maximum Gasteiger partial charge on any atom is 0.181 e. The van der Waals surface area contributed by atoms with Gasteiger partial charge in [0, 0.05) is 6.42 Å². The highest BCUT2D eigenvalue weighted by atomic mass is 16.1. The molecule has 0 atom stereocenters. The molecule has 3 nitrogen and oxygen atoms in total. The number of carbonyl (C=O) groups is 1. The van der Waals surface area contributed by atoms with E-state index in [0.717, 1.165) is 0 Å². The third-order valence-electron chi connectivity index (χ3n) is 3.27. The van der Waals surface area contributed by atoms with Crippen molar-refractivity contribution in [1.82, 2.24) is 4.98 Å². The predicted octanol–water partition coefficient (Wildman–Crippen LogP) is 2.82. The van der Waals surface area contributed by atoms with Crippen LogP contribution in [-0.2, 0) is 0 Å². The number of hydrogen-bond donors (Lipinski definition) is 1. The fourth-order valence-electron chi connectivity index (χ4n) is 2.33. The zero-order valence-electron chi connectivity index (χ0n) is 9.48. The van der Waals surface area contributed by atoms with Crippen LogP contribution < -0.4 is 5.73 Å². The van der Waals surface area contributed by atoms with E-state index in [1.165, 1.54) is 32.1 Å². The van der Waals surface area contributed by atoms with Crippen LogP contribution in [0.2, 0.25) is 0 Å². The van der Waals surface area contributed by atoms with E-state index in [1.807, 2.05) is 0 Å².